The lowest BCUT2D eigenvalue weighted by Gasteiger charge is -2.16. The van der Waals surface area contributed by atoms with E-state index in [9.17, 15) is 4.79 Å². The van der Waals surface area contributed by atoms with Gasteiger partial charge in [0.1, 0.15) is 0 Å². The number of amides is 1. The van der Waals surface area contributed by atoms with Crippen LogP contribution in [0.3, 0.4) is 0 Å². The van der Waals surface area contributed by atoms with Crippen LogP contribution >= 0.6 is 12.4 Å². The summed E-state index contributed by atoms with van der Waals surface area (Å²) >= 11 is 0. The molecule has 1 amide bonds. The van der Waals surface area contributed by atoms with Gasteiger partial charge < -0.3 is 15.8 Å². The van der Waals surface area contributed by atoms with Gasteiger partial charge in [0, 0.05) is 19.2 Å². The Kier molecular flexibility index (Phi) is 7.72. The van der Waals surface area contributed by atoms with E-state index < -0.39 is 0 Å². The zero-order valence-electron chi connectivity index (χ0n) is 12.5. The average Bonchev–Trinajstić information content (AvgIpc) is 2.89. The number of halogens is 1. The molecule has 1 fully saturated rings. The van der Waals surface area contributed by atoms with E-state index in [1.807, 2.05) is 31.2 Å². The molecule has 0 bridgehead atoms. The molecule has 1 aromatic carbocycles. The van der Waals surface area contributed by atoms with Gasteiger partial charge in [0.25, 0.3) is 0 Å². The van der Waals surface area contributed by atoms with Crippen LogP contribution in [0.1, 0.15) is 37.3 Å². The highest BCUT2D eigenvalue weighted by atomic mass is 35.5. The second-order valence-corrected chi connectivity index (χ2v) is 5.32. The number of carbonyl (C=O) groups is 1. The summed E-state index contributed by atoms with van der Waals surface area (Å²) in [6, 6.07) is 8.07. The molecule has 5 heteroatoms. The molecule has 4 nitrogen and oxygen atoms in total. The first-order valence-corrected chi connectivity index (χ1v) is 7.40. The van der Waals surface area contributed by atoms with Crippen LogP contribution in [0.4, 0.5) is 0 Å². The normalized spacial score (nSPS) is 20.9. The maximum absolute atomic E-state index is 12.1. The van der Waals surface area contributed by atoms with Crippen LogP contribution in [-0.4, -0.2) is 18.6 Å². The Hall–Kier alpha value is -1.10. The Morgan fingerprint density at radius 2 is 2.05 bits per heavy atom. The molecule has 2 rings (SSSR count). The molecule has 1 aromatic rings. The Morgan fingerprint density at radius 3 is 2.67 bits per heavy atom. The van der Waals surface area contributed by atoms with Crippen LogP contribution < -0.4 is 11.1 Å². The summed E-state index contributed by atoms with van der Waals surface area (Å²) in [7, 11) is 0. The highest BCUT2D eigenvalue weighted by Gasteiger charge is 2.29. The van der Waals surface area contributed by atoms with E-state index in [1.54, 1.807) is 0 Å². The standard InChI is InChI=1S/C16H24N2O2.ClH/c1-2-20-11-13-7-4-3-6-12(13)10-18-16(19)14-8-5-9-15(14)17;/h3-4,6-7,14-15H,2,5,8-11,17H2,1H3,(H,18,19);1H. The third-order valence-corrected chi connectivity index (χ3v) is 3.94. The molecule has 0 radical (unpaired) electrons. The zero-order valence-corrected chi connectivity index (χ0v) is 13.3. The summed E-state index contributed by atoms with van der Waals surface area (Å²) in [5.41, 5.74) is 8.21. The van der Waals surface area contributed by atoms with Gasteiger partial charge in [0.15, 0.2) is 0 Å². The van der Waals surface area contributed by atoms with Crippen molar-refractivity contribution in [3.63, 3.8) is 0 Å². The molecular weight excluding hydrogens is 288 g/mol. The van der Waals surface area contributed by atoms with Crippen molar-refractivity contribution in [2.24, 2.45) is 11.7 Å². The molecule has 118 valence electrons. The van der Waals surface area contributed by atoms with Crippen LogP contribution in [0.25, 0.3) is 0 Å². The predicted molar refractivity (Wildman–Crippen MR) is 86.2 cm³/mol. The molecule has 2 unspecified atom stereocenters. The molecular formula is C16H25ClN2O2. The van der Waals surface area contributed by atoms with Gasteiger partial charge >= 0.3 is 0 Å². The van der Waals surface area contributed by atoms with E-state index in [4.69, 9.17) is 10.5 Å². The van der Waals surface area contributed by atoms with Gasteiger partial charge in [-0.3, -0.25) is 4.79 Å². The van der Waals surface area contributed by atoms with Crippen LogP contribution in [0, 0.1) is 5.92 Å². The van der Waals surface area contributed by atoms with E-state index in [2.05, 4.69) is 5.32 Å². The molecule has 2 atom stereocenters. The second kappa shape index (κ2) is 9.03. The van der Waals surface area contributed by atoms with Crippen molar-refractivity contribution in [3.05, 3.63) is 35.4 Å². The predicted octanol–water partition coefficient (Wildman–Crippen LogP) is 2.39. The smallest absolute Gasteiger partial charge is 0.224 e. The first-order chi connectivity index (χ1) is 9.72. The molecule has 0 heterocycles. The van der Waals surface area contributed by atoms with Crippen LogP contribution in [-0.2, 0) is 22.7 Å². The molecule has 1 aliphatic carbocycles. The minimum Gasteiger partial charge on any atom is -0.377 e. The van der Waals surface area contributed by atoms with E-state index in [0.29, 0.717) is 19.8 Å². The number of benzene rings is 1. The molecule has 3 N–H and O–H groups in total. The Morgan fingerprint density at radius 1 is 1.33 bits per heavy atom. The minimum atomic E-state index is -0.0194. The van der Waals surface area contributed by atoms with Crippen molar-refractivity contribution in [2.75, 3.05) is 6.61 Å². The SMILES string of the molecule is CCOCc1ccccc1CNC(=O)C1CCCC1N.Cl. The van der Waals surface area contributed by atoms with E-state index >= 15 is 0 Å². The molecule has 1 saturated carbocycles. The van der Waals surface area contributed by atoms with Gasteiger partial charge in [-0.2, -0.15) is 0 Å². The Bertz CT molecular complexity index is 454. The van der Waals surface area contributed by atoms with E-state index in [1.165, 1.54) is 0 Å². The van der Waals surface area contributed by atoms with Gasteiger partial charge in [0.05, 0.1) is 12.5 Å². The van der Waals surface area contributed by atoms with Gasteiger partial charge in [-0.05, 0) is 30.9 Å². The topological polar surface area (TPSA) is 64.3 Å². The van der Waals surface area contributed by atoms with Crippen molar-refractivity contribution in [2.45, 2.75) is 45.4 Å². The van der Waals surface area contributed by atoms with Gasteiger partial charge in [-0.15, -0.1) is 12.4 Å². The third-order valence-electron chi connectivity index (χ3n) is 3.94. The largest absolute Gasteiger partial charge is 0.377 e. The molecule has 0 aromatic heterocycles. The van der Waals surface area contributed by atoms with Crippen molar-refractivity contribution < 1.29 is 9.53 Å². The monoisotopic (exact) mass is 312 g/mol. The van der Waals surface area contributed by atoms with Gasteiger partial charge in [-0.1, -0.05) is 30.7 Å². The fraction of sp³-hybridized carbons (Fsp3) is 0.562. The number of ether oxygens (including phenoxy) is 1. The maximum atomic E-state index is 12.1. The summed E-state index contributed by atoms with van der Waals surface area (Å²) in [5, 5.41) is 3.01. The van der Waals surface area contributed by atoms with Crippen LogP contribution in [0.2, 0.25) is 0 Å². The summed E-state index contributed by atoms with van der Waals surface area (Å²) in [6.07, 6.45) is 2.92. The first-order valence-electron chi connectivity index (χ1n) is 7.40. The van der Waals surface area contributed by atoms with E-state index in [-0.39, 0.29) is 30.3 Å². The number of hydrogen-bond donors (Lipinski definition) is 2. The van der Waals surface area contributed by atoms with E-state index in [0.717, 1.165) is 30.4 Å². The summed E-state index contributed by atoms with van der Waals surface area (Å²) < 4.78 is 5.45. The number of carbonyl (C=O) groups excluding carboxylic acids is 1. The number of hydrogen-bond acceptors (Lipinski definition) is 3. The van der Waals surface area contributed by atoms with Crippen molar-refractivity contribution in [1.29, 1.82) is 0 Å². The van der Waals surface area contributed by atoms with Crippen LogP contribution in [0.15, 0.2) is 24.3 Å². The Balaban J connectivity index is 0.00000220. The van der Waals surface area contributed by atoms with Crippen molar-refractivity contribution in [3.8, 4) is 0 Å². The van der Waals surface area contributed by atoms with Crippen molar-refractivity contribution in [1.82, 2.24) is 5.32 Å². The highest BCUT2D eigenvalue weighted by Crippen LogP contribution is 2.24. The highest BCUT2D eigenvalue weighted by molar-refractivity contribution is 5.85. The zero-order chi connectivity index (χ0) is 14.4. The number of nitrogens with two attached hydrogens (primary N) is 1. The summed E-state index contributed by atoms with van der Waals surface area (Å²) in [4.78, 5) is 12.1. The number of nitrogens with one attached hydrogen (secondary N) is 1. The summed E-state index contributed by atoms with van der Waals surface area (Å²) in [5.74, 6) is 0.0651. The molecule has 0 aliphatic heterocycles. The fourth-order valence-electron chi connectivity index (χ4n) is 2.71. The molecule has 21 heavy (non-hydrogen) atoms. The third kappa shape index (κ3) is 4.99. The number of rotatable bonds is 6. The van der Waals surface area contributed by atoms with Gasteiger partial charge in [-0.25, -0.2) is 0 Å². The van der Waals surface area contributed by atoms with Crippen molar-refractivity contribution >= 4 is 18.3 Å². The average molecular weight is 313 g/mol. The second-order valence-electron chi connectivity index (χ2n) is 5.32. The summed E-state index contributed by atoms with van der Waals surface area (Å²) in [6.45, 7) is 3.81. The molecule has 1 aliphatic rings. The lowest BCUT2D eigenvalue weighted by atomic mass is 10.0. The minimum absolute atomic E-state index is 0. The fourth-order valence-corrected chi connectivity index (χ4v) is 2.71. The quantitative estimate of drug-likeness (QED) is 0.847. The Labute approximate surface area is 132 Å². The first kappa shape index (κ1) is 18.0. The maximum Gasteiger partial charge on any atom is 0.224 e. The van der Waals surface area contributed by atoms with Gasteiger partial charge in [0.2, 0.25) is 5.91 Å². The lowest BCUT2D eigenvalue weighted by Crippen LogP contribution is -2.38. The lowest BCUT2D eigenvalue weighted by molar-refractivity contribution is -0.125. The molecule has 0 saturated heterocycles. The molecule has 0 spiro atoms. The van der Waals surface area contributed by atoms with Crippen LogP contribution in [0.5, 0.6) is 0 Å².